The summed E-state index contributed by atoms with van der Waals surface area (Å²) < 4.78 is 30.2. The molecule has 1 aromatic carbocycles. The van der Waals surface area contributed by atoms with Crippen LogP contribution in [0.1, 0.15) is 113 Å². The first-order chi connectivity index (χ1) is 14.5. The molecule has 0 aromatic heterocycles. The minimum absolute atomic E-state index is 0.131. The number of fused-ring (bicyclic) bond motifs is 1. The quantitative estimate of drug-likeness (QED) is 0.465. The molecule has 30 heavy (non-hydrogen) atoms. The maximum absolute atomic E-state index is 15.3. The van der Waals surface area contributed by atoms with Gasteiger partial charge in [0.15, 0.2) is 0 Å². The standard InChI is InChI=1S/C27H38F2O/c1-2-3-18-4-6-19(7-5-18)8-9-20-10-15-24-22(16-20)17-25(28)26(27(24)29)21-11-13-23(30)14-12-21/h17-21H,2-16H2,1H3. The van der Waals surface area contributed by atoms with Gasteiger partial charge < -0.3 is 0 Å². The van der Waals surface area contributed by atoms with Gasteiger partial charge in [0.2, 0.25) is 0 Å². The van der Waals surface area contributed by atoms with Crippen molar-refractivity contribution in [2.24, 2.45) is 17.8 Å². The highest BCUT2D eigenvalue weighted by Crippen LogP contribution is 2.40. The summed E-state index contributed by atoms with van der Waals surface area (Å²) in [7, 11) is 0. The minimum atomic E-state index is -0.375. The van der Waals surface area contributed by atoms with Gasteiger partial charge in [0.05, 0.1) is 0 Å². The second kappa shape index (κ2) is 9.92. The van der Waals surface area contributed by atoms with E-state index in [1.165, 1.54) is 51.4 Å². The van der Waals surface area contributed by atoms with Gasteiger partial charge in [-0.2, -0.15) is 0 Å². The third kappa shape index (κ3) is 4.97. The fraction of sp³-hybridized carbons (Fsp3) is 0.741. The molecule has 0 radical (unpaired) electrons. The van der Waals surface area contributed by atoms with Crippen LogP contribution in [-0.2, 0) is 17.6 Å². The Bertz CT molecular complexity index is 738. The summed E-state index contributed by atoms with van der Waals surface area (Å²) in [5.41, 5.74) is 1.94. The molecule has 0 heterocycles. The van der Waals surface area contributed by atoms with Crippen LogP contribution in [0.2, 0.25) is 0 Å². The molecule has 2 saturated carbocycles. The molecule has 0 aliphatic heterocycles. The van der Waals surface area contributed by atoms with E-state index in [2.05, 4.69) is 6.92 Å². The van der Waals surface area contributed by atoms with Crippen LogP contribution in [0, 0.1) is 29.4 Å². The summed E-state index contributed by atoms with van der Waals surface area (Å²) in [4.78, 5) is 11.5. The number of ketones is 1. The normalized spacial score (nSPS) is 27.8. The first kappa shape index (κ1) is 22.0. The molecular formula is C27H38F2O. The van der Waals surface area contributed by atoms with E-state index in [9.17, 15) is 9.18 Å². The number of benzene rings is 1. The zero-order valence-corrected chi connectivity index (χ0v) is 18.7. The van der Waals surface area contributed by atoms with Gasteiger partial charge in [-0.3, -0.25) is 4.79 Å². The third-order valence-electron chi connectivity index (χ3n) is 8.36. The molecule has 4 rings (SSSR count). The molecule has 3 aliphatic carbocycles. The predicted molar refractivity (Wildman–Crippen MR) is 118 cm³/mol. The molecule has 0 saturated heterocycles. The maximum atomic E-state index is 15.3. The van der Waals surface area contributed by atoms with Gasteiger partial charge in [-0.05, 0) is 79.4 Å². The van der Waals surface area contributed by atoms with Crippen molar-refractivity contribution in [3.63, 3.8) is 0 Å². The molecule has 3 aliphatic rings. The molecule has 1 aromatic rings. The molecule has 1 atom stereocenters. The molecule has 0 bridgehead atoms. The lowest BCUT2D eigenvalue weighted by Gasteiger charge is -2.31. The molecule has 0 spiro atoms. The Hall–Kier alpha value is -1.25. The van der Waals surface area contributed by atoms with Crippen molar-refractivity contribution in [1.29, 1.82) is 0 Å². The van der Waals surface area contributed by atoms with Gasteiger partial charge in [-0.15, -0.1) is 0 Å². The maximum Gasteiger partial charge on any atom is 0.133 e. The second-order valence-electron chi connectivity index (χ2n) is 10.4. The van der Waals surface area contributed by atoms with Gasteiger partial charge in [0.25, 0.3) is 0 Å². The van der Waals surface area contributed by atoms with Crippen LogP contribution in [0.25, 0.3) is 0 Å². The highest BCUT2D eigenvalue weighted by atomic mass is 19.1. The fourth-order valence-corrected chi connectivity index (χ4v) is 6.48. The summed E-state index contributed by atoms with van der Waals surface area (Å²) in [6.07, 6.45) is 15.5. The zero-order chi connectivity index (χ0) is 21.1. The van der Waals surface area contributed by atoms with Crippen LogP contribution in [0.4, 0.5) is 8.78 Å². The predicted octanol–water partition coefficient (Wildman–Crippen LogP) is 7.68. The fourth-order valence-electron chi connectivity index (χ4n) is 6.48. The van der Waals surface area contributed by atoms with Crippen molar-refractivity contribution >= 4 is 5.78 Å². The monoisotopic (exact) mass is 416 g/mol. The van der Waals surface area contributed by atoms with Gasteiger partial charge in [-0.25, -0.2) is 8.78 Å². The van der Waals surface area contributed by atoms with Crippen LogP contribution in [0.15, 0.2) is 6.07 Å². The van der Waals surface area contributed by atoms with Crippen molar-refractivity contribution in [2.45, 2.75) is 109 Å². The summed E-state index contributed by atoms with van der Waals surface area (Å²) in [6, 6.07) is 1.63. The van der Waals surface area contributed by atoms with Gasteiger partial charge in [0, 0.05) is 18.4 Å². The summed E-state index contributed by atoms with van der Waals surface area (Å²) in [5.74, 6) is 1.82. The van der Waals surface area contributed by atoms with Crippen molar-refractivity contribution < 1.29 is 13.6 Å². The number of hydrogen-bond donors (Lipinski definition) is 0. The minimum Gasteiger partial charge on any atom is -0.300 e. The third-order valence-corrected chi connectivity index (χ3v) is 8.36. The Labute approximate surface area is 181 Å². The van der Waals surface area contributed by atoms with Crippen LogP contribution in [0.3, 0.4) is 0 Å². The number of carbonyl (C=O) groups excluding carboxylic acids is 1. The molecule has 0 N–H and O–H groups in total. The number of Topliss-reactive ketones (excluding diaryl/α,β-unsaturated/α-hetero) is 1. The van der Waals surface area contributed by atoms with E-state index in [4.69, 9.17) is 0 Å². The molecule has 2 fully saturated rings. The van der Waals surface area contributed by atoms with Crippen LogP contribution < -0.4 is 0 Å². The van der Waals surface area contributed by atoms with E-state index in [-0.39, 0.29) is 28.9 Å². The summed E-state index contributed by atoms with van der Waals surface area (Å²) >= 11 is 0. The Morgan fingerprint density at radius 1 is 0.833 bits per heavy atom. The average Bonchev–Trinajstić information content (AvgIpc) is 2.74. The summed E-state index contributed by atoms with van der Waals surface area (Å²) in [6.45, 7) is 2.29. The van der Waals surface area contributed by atoms with E-state index >= 15 is 4.39 Å². The SMILES string of the molecule is CCCC1CCC(CCC2CCc3c(cc(F)c(C4CCC(=O)CC4)c3F)C2)CC1. The first-order valence-corrected chi connectivity index (χ1v) is 12.6. The topological polar surface area (TPSA) is 17.1 Å². The van der Waals surface area contributed by atoms with Crippen molar-refractivity contribution in [3.05, 3.63) is 34.4 Å². The van der Waals surface area contributed by atoms with E-state index in [1.807, 2.05) is 0 Å². The molecule has 0 amide bonds. The van der Waals surface area contributed by atoms with E-state index in [0.29, 0.717) is 31.6 Å². The zero-order valence-electron chi connectivity index (χ0n) is 18.7. The molecular weight excluding hydrogens is 378 g/mol. The van der Waals surface area contributed by atoms with Crippen LogP contribution >= 0.6 is 0 Å². The lowest BCUT2D eigenvalue weighted by Crippen LogP contribution is -2.21. The lowest BCUT2D eigenvalue weighted by molar-refractivity contribution is -0.120. The van der Waals surface area contributed by atoms with E-state index < -0.39 is 0 Å². The molecule has 3 heteroatoms. The smallest absolute Gasteiger partial charge is 0.133 e. The van der Waals surface area contributed by atoms with Crippen LogP contribution in [-0.4, -0.2) is 5.78 Å². The van der Waals surface area contributed by atoms with Crippen molar-refractivity contribution in [1.82, 2.24) is 0 Å². The number of rotatable bonds is 6. The number of carbonyl (C=O) groups is 1. The van der Waals surface area contributed by atoms with Gasteiger partial charge >= 0.3 is 0 Å². The average molecular weight is 417 g/mol. The van der Waals surface area contributed by atoms with Gasteiger partial charge in [0.1, 0.15) is 17.4 Å². The van der Waals surface area contributed by atoms with E-state index in [1.54, 1.807) is 6.07 Å². The Kier molecular flexibility index (Phi) is 7.26. The second-order valence-corrected chi connectivity index (χ2v) is 10.4. The Morgan fingerprint density at radius 3 is 2.13 bits per heavy atom. The van der Waals surface area contributed by atoms with Crippen molar-refractivity contribution in [2.75, 3.05) is 0 Å². The molecule has 166 valence electrons. The van der Waals surface area contributed by atoms with Crippen molar-refractivity contribution in [3.8, 4) is 0 Å². The Balaban J connectivity index is 1.35. The van der Waals surface area contributed by atoms with Crippen LogP contribution in [0.5, 0.6) is 0 Å². The molecule has 1 unspecified atom stereocenters. The largest absolute Gasteiger partial charge is 0.300 e. The number of hydrogen-bond acceptors (Lipinski definition) is 1. The number of halogens is 2. The lowest BCUT2D eigenvalue weighted by atomic mass is 9.74. The van der Waals surface area contributed by atoms with E-state index in [0.717, 1.165) is 42.2 Å². The van der Waals surface area contributed by atoms with Gasteiger partial charge in [-0.1, -0.05) is 51.9 Å². The summed E-state index contributed by atoms with van der Waals surface area (Å²) in [5, 5.41) is 0. The highest BCUT2D eigenvalue weighted by molar-refractivity contribution is 5.79. The highest BCUT2D eigenvalue weighted by Gasteiger charge is 2.31. The Morgan fingerprint density at radius 2 is 1.47 bits per heavy atom. The molecule has 1 nitrogen and oxygen atoms in total. The first-order valence-electron chi connectivity index (χ1n) is 12.6.